The minimum Gasteiger partial charge on any atom is -0.356 e. The minimum absolute atomic E-state index is 0.639. The molecular weight excluding hydrogens is 460 g/mol. The summed E-state index contributed by atoms with van der Waals surface area (Å²) in [5, 5.41) is 0. The Morgan fingerprint density at radius 2 is 0.658 bits per heavy atom. The fourth-order valence-electron chi connectivity index (χ4n) is 6.25. The van der Waals surface area contributed by atoms with E-state index < -0.39 is 0 Å². The lowest BCUT2D eigenvalue weighted by Crippen LogP contribution is -2.39. The van der Waals surface area contributed by atoms with Gasteiger partial charge >= 0.3 is 0 Å². The van der Waals surface area contributed by atoms with Crippen molar-refractivity contribution in [2.24, 2.45) is 0 Å². The van der Waals surface area contributed by atoms with Crippen molar-refractivity contribution in [3.05, 3.63) is 12.4 Å². The van der Waals surface area contributed by atoms with E-state index in [9.17, 15) is 0 Å². The largest absolute Gasteiger partial charge is 0.356 e. The first-order valence-electron chi connectivity index (χ1n) is 18.0. The van der Waals surface area contributed by atoms with Gasteiger partial charge in [-0.1, -0.05) is 175 Å². The molecule has 1 rings (SSSR count). The molecule has 1 atom stereocenters. The van der Waals surface area contributed by atoms with E-state index >= 15 is 0 Å². The lowest BCUT2D eigenvalue weighted by molar-refractivity contribution is 0.137. The van der Waals surface area contributed by atoms with Gasteiger partial charge in [0, 0.05) is 25.5 Å². The summed E-state index contributed by atoms with van der Waals surface area (Å²) < 4.78 is 0. The van der Waals surface area contributed by atoms with Crippen LogP contribution in [0.4, 0.5) is 0 Å². The Hall–Kier alpha value is -0.660. The summed E-state index contributed by atoms with van der Waals surface area (Å²) in [4.78, 5) is 5.30. The first-order chi connectivity index (χ1) is 18.8. The number of hydrogen-bond donors (Lipinski definition) is 0. The minimum atomic E-state index is 0.639. The fourth-order valence-corrected chi connectivity index (χ4v) is 6.25. The summed E-state index contributed by atoms with van der Waals surface area (Å²) in [6.45, 7) is 9.42. The SMILES string of the molecule is CCCCCCCCCCCCCCCCCCCC1N(CCC)C=CN1CCCCCCCCCCC. The quantitative estimate of drug-likeness (QED) is 0.0848. The molecule has 0 fully saturated rings. The summed E-state index contributed by atoms with van der Waals surface area (Å²) in [7, 11) is 0. The summed E-state index contributed by atoms with van der Waals surface area (Å²) >= 11 is 0. The molecule has 226 valence electrons. The van der Waals surface area contributed by atoms with Crippen molar-refractivity contribution in [2.45, 2.75) is 207 Å². The van der Waals surface area contributed by atoms with E-state index in [1.54, 1.807) is 0 Å². The average molecular weight is 533 g/mol. The molecule has 0 spiro atoms. The van der Waals surface area contributed by atoms with E-state index in [0.717, 1.165) is 0 Å². The highest BCUT2D eigenvalue weighted by Crippen LogP contribution is 2.23. The molecule has 0 saturated heterocycles. The normalized spacial score (nSPS) is 15.3. The van der Waals surface area contributed by atoms with Gasteiger partial charge in [0.2, 0.25) is 0 Å². The maximum Gasteiger partial charge on any atom is 0.101 e. The highest BCUT2D eigenvalue weighted by molar-refractivity contribution is 4.96. The molecule has 0 N–H and O–H groups in total. The molecule has 2 nitrogen and oxygen atoms in total. The van der Waals surface area contributed by atoms with Gasteiger partial charge in [0.25, 0.3) is 0 Å². The van der Waals surface area contributed by atoms with Crippen LogP contribution in [0.3, 0.4) is 0 Å². The molecule has 2 heteroatoms. The van der Waals surface area contributed by atoms with Gasteiger partial charge in [-0.15, -0.1) is 0 Å². The number of rotatable bonds is 30. The van der Waals surface area contributed by atoms with Crippen LogP contribution in [0.25, 0.3) is 0 Å². The molecule has 0 bridgehead atoms. The third kappa shape index (κ3) is 20.3. The molecule has 38 heavy (non-hydrogen) atoms. The van der Waals surface area contributed by atoms with E-state index in [-0.39, 0.29) is 0 Å². The number of hydrogen-bond acceptors (Lipinski definition) is 2. The van der Waals surface area contributed by atoms with Crippen LogP contribution in [0.5, 0.6) is 0 Å². The smallest absolute Gasteiger partial charge is 0.101 e. The monoisotopic (exact) mass is 533 g/mol. The van der Waals surface area contributed by atoms with Crippen LogP contribution < -0.4 is 0 Å². The second-order valence-electron chi connectivity index (χ2n) is 12.5. The Morgan fingerprint density at radius 3 is 1.03 bits per heavy atom. The van der Waals surface area contributed by atoms with Gasteiger partial charge in [0.15, 0.2) is 0 Å². The Balaban J connectivity index is 1.97. The van der Waals surface area contributed by atoms with Crippen LogP contribution in [-0.4, -0.2) is 29.1 Å². The third-order valence-corrected chi connectivity index (χ3v) is 8.78. The third-order valence-electron chi connectivity index (χ3n) is 8.78. The Kier molecular flexibility index (Phi) is 26.0. The zero-order valence-electron chi connectivity index (χ0n) is 26.8. The average Bonchev–Trinajstić information content (AvgIpc) is 3.30. The molecule has 0 saturated carbocycles. The van der Waals surface area contributed by atoms with Crippen LogP contribution in [0.15, 0.2) is 12.4 Å². The van der Waals surface area contributed by atoms with Crippen LogP contribution in [0.2, 0.25) is 0 Å². The molecule has 0 amide bonds. The molecule has 1 unspecified atom stereocenters. The maximum absolute atomic E-state index is 2.67. The van der Waals surface area contributed by atoms with Gasteiger partial charge in [-0.2, -0.15) is 0 Å². The highest BCUT2D eigenvalue weighted by Gasteiger charge is 2.24. The van der Waals surface area contributed by atoms with Crippen molar-refractivity contribution in [3.8, 4) is 0 Å². The lowest BCUT2D eigenvalue weighted by Gasteiger charge is -2.33. The zero-order chi connectivity index (χ0) is 27.4. The predicted molar refractivity (Wildman–Crippen MR) is 173 cm³/mol. The van der Waals surface area contributed by atoms with Gasteiger partial charge in [0.05, 0.1) is 0 Å². The highest BCUT2D eigenvalue weighted by atomic mass is 15.4. The van der Waals surface area contributed by atoms with Crippen LogP contribution in [0, 0.1) is 0 Å². The molecule has 0 aromatic heterocycles. The predicted octanol–water partition coefficient (Wildman–Crippen LogP) is 12.4. The Morgan fingerprint density at radius 1 is 0.342 bits per heavy atom. The maximum atomic E-state index is 2.67. The van der Waals surface area contributed by atoms with Crippen molar-refractivity contribution < 1.29 is 0 Å². The van der Waals surface area contributed by atoms with Crippen molar-refractivity contribution >= 4 is 0 Å². The van der Waals surface area contributed by atoms with E-state index in [2.05, 4.69) is 43.0 Å². The van der Waals surface area contributed by atoms with Crippen LogP contribution in [0.1, 0.15) is 201 Å². The van der Waals surface area contributed by atoms with Crippen LogP contribution >= 0.6 is 0 Å². The molecule has 0 radical (unpaired) electrons. The van der Waals surface area contributed by atoms with Crippen molar-refractivity contribution in [1.82, 2.24) is 9.80 Å². The van der Waals surface area contributed by atoms with E-state index in [4.69, 9.17) is 0 Å². The zero-order valence-corrected chi connectivity index (χ0v) is 26.8. The second kappa shape index (κ2) is 27.9. The molecule has 1 aliphatic heterocycles. The molecule has 1 heterocycles. The second-order valence-corrected chi connectivity index (χ2v) is 12.5. The summed E-state index contributed by atoms with van der Waals surface area (Å²) in [6.07, 6.45) is 45.6. The van der Waals surface area contributed by atoms with E-state index in [1.165, 1.54) is 193 Å². The van der Waals surface area contributed by atoms with Crippen LogP contribution in [-0.2, 0) is 0 Å². The Labute approximate surface area is 241 Å². The Bertz CT molecular complexity index is 488. The van der Waals surface area contributed by atoms with Gasteiger partial charge in [0.1, 0.15) is 6.17 Å². The molecule has 0 aromatic rings. The van der Waals surface area contributed by atoms with Gasteiger partial charge in [-0.25, -0.2) is 0 Å². The van der Waals surface area contributed by atoms with E-state index in [0.29, 0.717) is 6.17 Å². The van der Waals surface area contributed by atoms with Crippen molar-refractivity contribution in [3.63, 3.8) is 0 Å². The molecule has 0 aromatic carbocycles. The number of unbranched alkanes of at least 4 members (excludes halogenated alkanes) is 24. The van der Waals surface area contributed by atoms with Crippen molar-refractivity contribution in [2.75, 3.05) is 13.1 Å². The number of nitrogens with zero attached hydrogens (tertiary/aromatic N) is 2. The summed E-state index contributed by atoms with van der Waals surface area (Å²) in [5.41, 5.74) is 0. The molecular formula is C36H72N2. The standard InChI is InChI=1S/C36H72N2/c1-4-7-9-11-13-15-16-17-18-19-20-21-22-23-25-27-29-31-36-37(32-6-3)34-35-38(36)33-30-28-26-24-14-12-10-8-5-2/h34-36H,4-33H2,1-3H3. The molecule has 1 aliphatic rings. The van der Waals surface area contributed by atoms with Gasteiger partial charge in [-0.3, -0.25) is 0 Å². The summed E-state index contributed by atoms with van der Waals surface area (Å²) in [5.74, 6) is 0. The lowest BCUT2D eigenvalue weighted by atomic mass is 10.0. The van der Waals surface area contributed by atoms with E-state index in [1.807, 2.05) is 0 Å². The van der Waals surface area contributed by atoms with Gasteiger partial charge in [-0.05, 0) is 25.7 Å². The van der Waals surface area contributed by atoms with Crippen molar-refractivity contribution in [1.29, 1.82) is 0 Å². The summed E-state index contributed by atoms with van der Waals surface area (Å²) in [6, 6.07) is 0. The first-order valence-corrected chi connectivity index (χ1v) is 18.0. The first kappa shape index (κ1) is 35.4. The fraction of sp³-hybridized carbons (Fsp3) is 0.944. The topological polar surface area (TPSA) is 6.48 Å². The molecule has 0 aliphatic carbocycles. The van der Waals surface area contributed by atoms with Gasteiger partial charge < -0.3 is 9.80 Å².